The molecule has 12 aromatic carbocycles. The van der Waals surface area contributed by atoms with Gasteiger partial charge < -0.3 is 18.9 Å². The summed E-state index contributed by atoms with van der Waals surface area (Å²) >= 11 is 0. The van der Waals surface area contributed by atoms with Gasteiger partial charge in [-0.1, -0.05) is 119 Å². The zero-order valence-electron chi connectivity index (χ0n) is 54.2. The summed E-state index contributed by atoms with van der Waals surface area (Å²) in [5.41, 5.74) is 8.45. The summed E-state index contributed by atoms with van der Waals surface area (Å²) < 4.78 is 124. The van der Waals surface area contributed by atoms with Crippen LogP contribution in [0.25, 0.3) is 0 Å². The molecule has 0 aliphatic carbocycles. The van der Waals surface area contributed by atoms with E-state index in [2.05, 4.69) is 0 Å². The van der Waals surface area contributed by atoms with Gasteiger partial charge in [0.25, 0.3) is 0 Å². The number of hydrogen-bond donors (Lipinski definition) is 0. The van der Waals surface area contributed by atoms with Gasteiger partial charge in [-0.3, -0.25) is 0 Å². The van der Waals surface area contributed by atoms with Crippen LogP contribution in [-0.4, -0.2) is 33.7 Å². The molecule has 0 atom stereocenters. The van der Waals surface area contributed by atoms with Crippen LogP contribution in [0.3, 0.4) is 0 Å². The van der Waals surface area contributed by atoms with Crippen molar-refractivity contribution in [2.75, 3.05) is 0 Å². The van der Waals surface area contributed by atoms with E-state index in [0.717, 1.165) is 44.5 Å². The van der Waals surface area contributed by atoms with E-state index in [0.29, 0.717) is 65.6 Å². The second-order valence-corrected chi connectivity index (χ2v) is 30.6. The second-order valence-electron chi connectivity index (χ2n) is 22.8. The minimum absolute atomic E-state index is 0.205. The Morgan fingerprint density at radius 3 is 0.573 bits per heavy atom. The smallest absolute Gasteiger partial charge is 0.206 e. The third-order valence-electron chi connectivity index (χ3n) is 14.8. The molecule has 12 nitrogen and oxygen atoms in total. The average molecular weight is 1350 g/mol. The number of ether oxygens (including phenoxy) is 4. The fourth-order valence-corrected chi connectivity index (χ4v) is 14.7. The molecule has 0 fully saturated rings. The molecule has 16 heteroatoms. The van der Waals surface area contributed by atoms with E-state index < -0.39 is 39.3 Å². The van der Waals surface area contributed by atoms with E-state index in [4.69, 9.17) is 18.9 Å². The SMILES string of the molecule is Cc1ccc(Oc2ccc(S(=O)(=O)c3ccc(Oc4ccc(C)cc4)cc3)cc2)cc1.Cc1ccc(S(=O)(=O)c2ccc(C)cc2)cc1.Cc1cccc(Oc2ccc(S(=O)(=O)c3ccc(Oc4cccc(C)c4)cc3)cc2)c1.Cc1cccc(S(=O)(=O)c2cccc(C)c2)c1. The molecule has 12 rings (SSSR count). The van der Waals surface area contributed by atoms with Gasteiger partial charge in [-0.05, 0) is 272 Å². The maximum absolute atomic E-state index is 13.0. The van der Waals surface area contributed by atoms with Crippen LogP contribution in [0.5, 0.6) is 46.0 Å². The maximum Gasteiger partial charge on any atom is 0.206 e. The third-order valence-corrected chi connectivity index (χ3v) is 21.9. The van der Waals surface area contributed by atoms with Gasteiger partial charge in [-0.15, -0.1) is 0 Å². The van der Waals surface area contributed by atoms with E-state index in [9.17, 15) is 33.7 Å². The zero-order chi connectivity index (χ0) is 68.6. The Morgan fingerprint density at radius 1 is 0.167 bits per heavy atom. The monoisotopic (exact) mass is 1350 g/mol. The summed E-state index contributed by atoms with van der Waals surface area (Å²) in [5, 5.41) is 0. The molecule has 0 heterocycles. The molecule has 96 heavy (non-hydrogen) atoms. The molecular formula is C80H72O12S4. The van der Waals surface area contributed by atoms with Crippen LogP contribution >= 0.6 is 0 Å². The van der Waals surface area contributed by atoms with Crippen molar-refractivity contribution < 1.29 is 52.6 Å². The van der Waals surface area contributed by atoms with Crippen molar-refractivity contribution in [1.82, 2.24) is 0 Å². The van der Waals surface area contributed by atoms with Gasteiger partial charge in [0.2, 0.25) is 39.3 Å². The first-order chi connectivity index (χ1) is 45.8. The lowest BCUT2D eigenvalue weighted by Gasteiger charge is -2.10. The lowest BCUT2D eigenvalue weighted by atomic mass is 10.2. The first-order valence-corrected chi connectivity index (χ1v) is 36.4. The molecule has 0 radical (unpaired) electrons. The summed E-state index contributed by atoms with van der Waals surface area (Å²) in [6, 6.07) is 84.1. The van der Waals surface area contributed by atoms with E-state index in [-0.39, 0.29) is 19.6 Å². The van der Waals surface area contributed by atoms with Crippen LogP contribution in [-0.2, 0) is 39.3 Å². The van der Waals surface area contributed by atoms with Crippen LogP contribution in [0.2, 0.25) is 0 Å². The molecule has 0 amide bonds. The van der Waals surface area contributed by atoms with Gasteiger partial charge in [0.15, 0.2) is 0 Å². The van der Waals surface area contributed by atoms with Crippen molar-refractivity contribution in [1.29, 1.82) is 0 Å². The van der Waals surface area contributed by atoms with E-state index in [1.54, 1.807) is 182 Å². The summed E-state index contributed by atoms with van der Waals surface area (Å²) in [4.78, 5) is 2.20. The maximum atomic E-state index is 13.0. The van der Waals surface area contributed by atoms with Crippen molar-refractivity contribution in [3.63, 3.8) is 0 Å². The van der Waals surface area contributed by atoms with Crippen molar-refractivity contribution in [2.24, 2.45) is 0 Å². The topological polar surface area (TPSA) is 173 Å². The molecule has 0 saturated heterocycles. The van der Waals surface area contributed by atoms with Crippen molar-refractivity contribution in [3.8, 4) is 46.0 Å². The number of benzene rings is 12. The summed E-state index contributed by atoms with van der Waals surface area (Å²) in [7, 11) is -14.0. The largest absolute Gasteiger partial charge is 0.457 e. The standard InChI is InChI=1S/2C26H22O4S.2C14H14O2S/c1-19-3-7-21(8-4-19)29-23-11-15-25(16-12-23)31(27,28)26-17-13-24(14-18-26)30-22-9-5-20(2)6-10-22;1-19-5-3-7-23(17-19)29-21-9-13-25(14-10-21)31(27,28)26-15-11-22(12-16-26)30-24-8-4-6-20(2)18-24;1-11-3-7-13(8-4-11)17(15,16)14-9-5-12(2)6-10-14;1-11-5-3-7-13(9-11)17(15,16)14-8-4-6-12(2)10-14/h2*3-18H,1-2H3;2*3-10H,1-2H3. The van der Waals surface area contributed by atoms with E-state index in [1.165, 1.54) is 0 Å². The summed E-state index contributed by atoms with van der Waals surface area (Å²) in [6.45, 7) is 15.6. The van der Waals surface area contributed by atoms with Gasteiger partial charge >= 0.3 is 0 Å². The van der Waals surface area contributed by atoms with Crippen molar-refractivity contribution in [3.05, 3.63) is 336 Å². The van der Waals surface area contributed by atoms with Crippen LogP contribution in [0.15, 0.2) is 330 Å². The Balaban J connectivity index is 0.000000156. The molecule has 0 spiro atoms. The molecule has 488 valence electrons. The highest BCUT2D eigenvalue weighted by molar-refractivity contribution is 7.92. The normalized spacial score (nSPS) is 11.2. The van der Waals surface area contributed by atoms with Crippen LogP contribution < -0.4 is 18.9 Å². The van der Waals surface area contributed by atoms with Crippen molar-refractivity contribution >= 4 is 39.3 Å². The molecular weight excluding hydrogens is 1280 g/mol. The highest BCUT2D eigenvalue weighted by Crippen LogP contribution is 2.32. The Labute approximate surface area is 564 Å². The Bertz CT molecular complexity index is 4770. The highest BCUT2D eigenvalue weighted by atomic mass is 32.2. The van der Waals surface area contributed by atoms with Crippen LogP contribution in [0, 0.1) is 55.4 Å². The lowest BCUT2D eigenvalue weighted by Crippen LogP contribution is -2.02. The lowest BCUT2D eigenvalue weighted by molar-refractivity contribution is 0.481. The van der Waals surface area contributed by atoms with E-state index in [1.807, 2.05) is 165 Å². The number of rotatable bonds is 16. The first-order valence-electron chi connectivity index (χ1n) is 30.5. The zero-order valence-corrected chi connectivity index (χ0v) is 57.5. The van der Waals surface area contributed by atoms with Gasteiger partial charge in [0.05, 0.1) is 39.2 Å². The molecule has 0 saturated carbocycles. The molecule has 12 aromatic rings. The van der Waals surface area contributed by atoms with E-state index >= 15 is 0 Å². The average Bonchev–Trinajstić information content (AvgIpc) is 0.889. The van der Waals surface area contributed by atoms with Crippen LogP contribution in [0.1, 0.15) is 44.5 Å². The number of aryl methyl sites for hydroxylation is 8. The van der Waals surface area contributed by atoms with Gasteiger partial charge in [0.1, 0.15) is 46.0 Å². The Morgan fingerprint density at radius 2 is 0.344 bits per heavy atom. The Kier molecular flexibility index (Phi) is 22.8. The summed E-state index contributed by atoms with van der Waals surface area (Å²) in [6.07, 6.45) is 0. The molecule has 0 aliphatic rings. The molecule has 0 aromatic heterocycles. The van der Waals surface area contributed by atoms with Crippen molar-refractivity contribution in [2.45, 2.75) is 94.6 Å². The predicted molar refractivity (Wildman–Crippen MR) is 377 cm³/mol. The number of sulfone groups is 4. The van der Waals surface area contributed by atoms with Gasteiger partial charge in [-0.25, -0.2) is 33.7 Å². The van der Waals surface area contributed by atoms with Gasteiger partial charge in [0, 0.05) is 0 Å². The number of hydrogen-bond acceptors (Lipinski definition) is 12. The van der Waals surface area contributed by atoms with Gasteiger partial charge in [-0.2, -0.15) is 0 Å². The molecule has 0 aliphatic heterocycles. The predicted octanol–water partition coefficient (Wildman–Crippen LogP) is 19.7. The highest BCUT2D eigenvalue weighted by Gasteiger charge is 2.21. The first kappa shape index (κ1) is 70.0. The third kappa shape index (κ3) is 18.9. The molecule has 0 bridgehead atoms. The molecule has 0 unspecified atom stereocenters. The fourth-order valence-electron chi connectivity index (χ4n) is 9.41. The summed E-state index contributed by atoms with van der Waals surface area (Å²) in [5.74, 6) is 5.11. The second kappa shape index (κ2) is 31.3. The minimum Gasteiger partial charge on any atom is -0.457 e. The minimum atomic E-state index is -3.64. The molecule has 0 N–H and O–H groups in total. The quantitative estimate of drug-likeness (QED) is 0.0897. The van der Waals surface area contributed by atoms with Crippen LogP contribution in [0.4, 0.5) is 0 Å². The fraction of sp³-hybridized carbons (Fsp3) is 0.100. The Hall–Kier alpha value is -10.4.